The van der Waals surface area contributed by atoms with Gasteiger partial charge in [-0.25, -0.2) is 0 Å². The summed E-state index contributed by atoms with van der Waals surface area (Å²) in [7, 11) is 0. The van der Waals surface area contributed by atoms with Gasteiger partial charge < -0.3 is 0 Å². The molecule has 0 atom stereocenters. The van der Waals surface area contributed by atoms with Gasteiger partial charge >= 0.3 is 0 Å². The number of pyridine rings is 1. The molecule has 4 aromatic rings. The second kappa shape index (κ2) is 6.42. The molecule has 0 amide bonds. The molecule has 0 saturated heterocycles. The van der Waals surface area contributed by atoms with Gasteiger partial charge in [0, 0.05) is 21.3 Å². The lowest BCUT2D eigenvalue weighted by Crippen LogP contribution is -2.14. The molecule has 1 aliphatic carbocycles. The van der Waals surface area contributed by atoms with Gasteiger partial charge in [-0.3, -0.25) is 4.98 Å². The Balaban J connectivity index is 1.58. The third-order valence-corrected chi connectivity index (χ3v) is 6.19. The second-order valence-corrected chi connectivity index (χ2v) is 8.39. The Hall–Kier alpha value is -3.19. The summed E-state index contributed by atoms with van der Waals surface area (Å²) in [5.41, 5.74) is 10.9. The molecule has 0 radical (unpaired) electrons. The molecular formula is C28H25N. The highest BCUT2D eigenvalue weighted by atomic mass is 14.7. The molecule has 1 nitrogen and oxygen atoms in total. The van der Waals surface area contributed by atoms with Crippen LogP contribution in [0.1, 0.15) is 40.2 Å². The van der Waals surface area contributed by atoms with Crippen LogP contribution in [0.25, 0.3) is 33.5 Å². The van der Waals surface area contributed by atoms with Crippen LogP contribution in [0, 0.1) is 13.8 Å². The van der Waals surface area contributed by atoms with Crippen LogP contribution in [0.15, 0.2) is 79.0 Å². The largest absolute Gasteiger partial charge is 0.256 e. The zero-order valence-corrected chi connectivity index (χ0v) is 17.0. The first-order valence-corrected chi connectivity index (χ1v) is 9.98. The predicted octanol–water partition coefficient (Wildman–Crippen LogP) is 7.34. The summed E-state index contributed by atoms with van der Waals surface area (Å²) < 4.78 is 22.7. The van der Waals surface area contributed by atoms with Crippen molar-refractivity contribution in [3.8, 4) is 33.5 Å². The Morgan fingerprint density at radius 1 is 0.759 bits per heavy atom. The number of fused-ring (bicyclic) bond motifs is 3. The lowest BCUT2D eigenvalue weighted by molar-refractivity contribution is 0.660. The van der Waals surface area contributed by atoms with Gasteiger partial charge in [0.05, 0.1) is 5.69 Å². The normalized spacial score (nSPS) is 15.8. The van der Waals surface area contributed by atoms with Crippen molar-refractivity contribution in [1.82, 2.24) is 4.98 Å². The lowest BCUT2D eigenvalue weighted by Gasteiger charge is -2.22. The summed E-state index contributed by atoms with van der Waals surface area (Å²) in [5, 5.41) is 0. The van der Waals surface area contributed by atoms with Crippen LogP contribution < -0.4 is 0 Å². The first kappa shape index (κ1) is 14.8. The Labute approximate surface area is 177 Å². The average molecular weight is 379 g/mol. The molecular weight excluding hydrogens is 350 g/mol. The van der Waals surface area contributed by atoms with Crippen molar-refractivity contribution in [3.05, 3.63) is 101 Å². The number of rotatable bonds is 2. The van der Waals surface area contributed by atoms with Gasteiger partial charge in [0.15, 0.2) is 0 Å². The van der Waals surface area contributed by atoms with Crippen LogP contribution in [-0.2, 0) is 5.41 Å². The molecule has 3 aromatic carbocycles. The van der Waals surface area contributed by atoms with E-state index in [0.29, 0.717) is 0 Å². The van der Waals surface area contributed by atoms with Crippen LogP contribution in [0.5, 0.6) is 0 Å². The van der Waals surface area contributed by atoms with Gasteiger partial charge in [-0.2, -0.15) is 0 Å². The zero-order chi connectivity index (χ0) is 22.7. The Kier molecular flexibility index (Phi) is 3.27. The van der Waals surface area contributed by atoms with E-state index in [1.54, 1.807) is 12.1 Å². The molecule has 1 aliphatic rings. The van der Waals surface area contributed by atoms with E-state index in [-0.39, 0.29) is 11.0 Å². The van der Waals surface area contributed by atoms with E-state index in [9.17, 15) is 0 Å². The van der Waals surface area contributed by atoms with Crippen LogP contribution in [0.3, 0.4) is 0 Å². The molecule has 0 unspecified atom stereocenters. The van der Waals surface area contributed by atoms with Gasteiger partial charge in [0.1, 0.15) is 0 Å². The van der Waals surface area contributed by atoms with E-state index >= 15 is 0 Å². The monoisotopic (exact) mass is 378 g/mol. The van der Waals surface area contributed by atoms with E-state index in [1.165, 1.54) is 45.1 Å². The minimum Gasteiger partial charge on any atom is -0.256 e. The number of benzene rings is 3. The van der Waals surface area contributed by atoms with Crippen LogP contribution in [-0.4, -0.2) is 4.98 Å². The summed E-state index contributed by atoms with van der Waals surface area (Å²) in [4.78, 5) is 4.43. The molecule has 1 heterocycles. The summed E-state index contributed by atoms with van der Waals surface area (Å²) in [6, 6.07) is 25.2. The van der Waals surface area contributed by atoms with Crippen molar-refractivity contribution in [2.75, 3.05) is 0 Å². The van der Waals surface area contributed by atoms with Crippen LogP contribution in [0.4, 0.5) is 0 Å². The third kappa shape index (κ3) is 2.81. The molecule has 5 rings (SSSR count). The molecule has 1 heteroatoms. The Bertz CT molecular complexity index is 1330. The summed E-state index contributed by atoms with van der Waals surface area (Å²) in [6.07, 6.45) is 1.46. The predicted molar refractivity (Wildman–Crippen MR) is 122 cm³/mol. The van der Waals surface area contributed by atoms with Crippen molar-refractivity contribution < 1.29 is 4.11 Å². The molecule has 0 N–H and O–H groups in total. The van der Waals surface area contributed by atoms with E-state index in [0.717, 1.165) is 11.3 Å². The molecule has 0 fully saturated rings. The van der Waals surface area contributed by atoms with E-state index in [2.05, 4.69) is 80.4 Å². The number of hydrogen-bond acceptors (Lipinski definition) is 1. The Morgan fingerprint density at radius 2 is 1.55 bits per heavy atom. The zero-order valence-electron chi connectivity index (χ0n) is 20.0. The van der Waals surface area contributed by atoms with E-state index in [4.69, 9.17) is 4.11 Å². The number of nitrogens with zero attached hydrogens (tertiary/aromatic N) is 1. The number of hydrogen-bond donors (Lipinski definition) is 0. The number of aryl methyl sites for hydroxylation is 2. The molecule has 142 valence electrons. The molecule has 29 heavy (non-hydrogen) atoms. The van der Waals surface area contributed by atoms with Crippen LogP contribution >= 0.6 is 0 Å². The smallest absolute Gasteiger partial charge is 0.0702 e. The maximum Gasteiger partial charge on any atom is 0.0702 e. The molecule has 0 bridgehead atoms. The van der Waals surface area contributed by atoms with Crippen molar-refractivity contribution in [2.24, 2.45) is 0 Å². The first-order chi connectivity index (χ1) is 15.2. The molecule has 1 aromatic heterocycles. The molecule has 0 spiro atoms. The topological polar surface area (TPSA) is 12.9 Å². The van der Waals surface area contributed by atoms with Gasteiger partial charge in [-0.15, -0.1) is 0 Å². The first-order valence-electron chi connectivity index (χ1n) is 11.5. The van der Waals surface area contributed by atoms with Crippen molar-refractivity contribution >= 4 is 0 Å². The summed E-state index contributed by atoms with van der Waals surface area (Å²) in [6.45, 7) is 4.57. The maximum absolute atomic E-state index is 7.56. The lowest BCUT2D eigenvalue weighted by atomic mass is 9.81. The standard InChI is InChI=1S/C28H25N/c1-18-9-14-27(29-17-18)21-11-10-19(2)24(15-21)20-12-13-23-22-7-5-6-8-25(22)28(3,4)26(23)16-20/h5-17H,1-4H3/i1D3. The minimum absolute atomic E-state index is 0.0416. The molecule has 0 saturated carbocycles. The highest BCUT2D eigenvalue weighted by Crippen LogP contribution is 2.49. The highest BCUT2D eigenvalue weighted by molar-refractivity contribution is 5.84. The van der Waals surface area contributed by atoms with Crippen molar-refractivity contribution in [2.45, 2.75) is 33.0 Å². The van der Waals surface area contributed by atoms with E-state index in [1.807, 2.05) is 6.07 Å². The third-order valence-electron chi connectivity index (χ3n) is 6.19. The van der Waals surface area contributed by atoms with Crippen molar-refractivity contribution in [3.63, 3.8) is 0 Å². The van der Waals surface area contributed by atoms with Gasteiger partial charge in [-0.05, 0) is 76.5 Å². The maximum atomic E-state index is 7.56. The SMILES string of the molecule is [2H]C([2H])([2H])c1ccc(-c2ccc(C)c(-c3ccc4c(c3)C(C)(C)c3ccccc3-4)c2)nc1. The quantitative estimate of drug-likeness (QED) is 0.355. The number of aromatic nitrogens is 1. The fraction of sp³-hybridized carbons (Fsp3) is 0.179. The fourth-order valence-corrected chi connectivity index (χ4v) is 4.53. The average Bonchev–Trinajstić information content (AvgIpc) is 3.01. The van der Waals surface area contributed by atoms with Gasteiger partial charge in [-0.1, -0.05) is 68.4 Å². The highest BCUT2D eigenvalue weighted by Gasteiger charge is 2.35. The second-order valence-electron chi connectivity index (χ2n) is 8.39. The summed E-state index contributed by atoms with van der Waals surface area (Å²) in [5.74, 6) is 0. The summed E-state index contributed by atoms with van der Waals surface area (Å²) >= 11 is 0. The molecule has 0 aliphatic heterocycles. The van der Waals surface area contributed by atoms with Gasteiger partial charge in [0.2, 0.25) is 0 Å². The van der Waals surface area contributed by atoms with Crippen molar-refractivity contribution in [1.29, 1.82) is 0 Å². The fourth-order valence-electron chi connectivity index (χ4n) is 4.53. The van der Waals surface area contributed by atoms with Gasteiger partial charge in [0.25, 0.3) is 0 Å². The Morgan fingerprint density at radius 3 is 2.34 bits per heavy atom. The van der Waals surface area contributed by atoms with Crippen LogP contribution in [0.2, 0.25) is 0 Å². The van der Waals surface area contributed by atoms with E-state index < -0.39 is 6.85 Å². The minimum atomic E-state index is -2.14.